The SMILES string of the molecule is CC(C(=O)OCc1ccccc1)c1ncnn1C. The number of hydrogen-bond acceptors (Lipinski definition) is 4. The van der Waals surface area contributed by atoms with E-state index in [1.165, 1.54) is 6.33 Å². The molecule has 1 unspecified atom stereocenters. The molecule has 0 bridgehead atoms. The molecule has 1 aromatic heterocycles. The molecule has 0 N–H and O–H groups in total. The number of benzene rings is 1. The average molecular weight is 245 g/mol. The Morgan fingerprint density at radius 3 is 2.72 bits per heavy atom. The second-order valence-corrected chi connectivity index (χ2v) is 4.06. The van der Waals surface area contributed by atoms with E-state index in [4.69, 9.17) is 4.74 Å². The van der Waals surface area contributed by atoms with Gasteiger partial charge in [0, 0.05) is 7.05 Å². The van der Waals surface area contributed by atoms with E-state index in [1.807, 2.05) is 30.3 Å². The van der Waals surface area contributed by atoms with Gasteiger partial charge in [0.15, 0.2) is 0 Å². The summed E-state index contributed by atoms with van der Waals surface area (Å²) in [6.45, 7) is 2.04. The van der Waals surface area contributed by atoms with Crippen molar-refractivity contribution >= 4 is 5.97 Å². The highest BCUT2D eigenvalue weighted by Crippen LogP contribution is 2.14. The van der Waals surface area contributed by atoms with Crippen LogP contribution in [-0.4, -0.2) is 20.7 Å². The zero-order valence-corrected chi connectivity index (χ0v) is 10.4. The van der Waals surface area contributed by atoms with Gasteiger partial charge < -0.3 is 4.74 Å². The van der Waals surface area contributed by atoms with Gasteiger partial charge in [0.1, 0.15) is 24.7 Å². The Kier molecular flexibility index (Phi) is 3.72. The maximum absolute atomic E-state index is 11.9. The molecule has 0 spiro atoms. The normalized spacial score (nSPS) is 12.1. The van der Waals surface area contributed by atoms with Crippen LogP contribution in [0.2, 0.25) is 0 Å². The van der Waals surface area contributed by atoms with Crippen molar-refractivity contribution in [2.45, 2.75) is 19.4 Å². The van der Waals surface area contributed by atoms with E-state index in [0.29, 0.717) is 5.82 Å². The molecule has 18 heavy (non-hydrogen) atoms. The van der Waals surface area contributed by atoms with Crippen molar-refractivity contribution in [1.29, 1.82) is 0 Å². The molecule has 0 aliphatic rings. The number of aryl methyl sites for hydroxylation is 1. The lowest BCUT2D eigenvalue weighted by atomic mass is 10.1. The van der Waals surface area contributed by atoms with Gasteiger partial charge in [-0.2, -0.15) is 5.10 Å². The van der Waals surface area contributed by atoms with E-state index in [2.05, 4.69) is 10.1 Å². The Bertz CT molecular complexity index is 522. The van der Waals surface area contributed by atoms with Crippen molar-refractivity contribution < 1.29 is 9.53 Å². The largest absolute Gasteiger partial charge is 0.460 e. The minimum atomic E-state index is -0.416. The first kappa shape index (κ1) is 12.3. The van der Waals surface area contributed by atoms with Crippen LogP contribution in [0, 0.1) is 0 Å². The van der Waals surface area contributed by atoms with Crippen LogP contribution in [0.1, 0.15) is 24.2 Å². The second-order valence-electron chi connectivity index (χ2n) is 4.06. The van der Waals surface area contributed by atoms with Gasteiger partial charge in [0.05, 0.1) is 0 Å². The highest BCUT2D eigenvalue weighted by atomic mass is 16.5. The third-order valence-electron chi connectivity index (χ3n) is 2.71. The van der Waals surface area contributed by atoms with Crippen LogP contribution in [-0.2, 0) is 23.2 Å². The second kappa shape index (κ2) is 5.44. The Morgan fingerprint density at radius 1 is 1.39 bits per heavy atom. The van der Waals surface area contributed by atoms with Gasteiger partial charge in [-0.3, -0.25) is 9.48 Å². The van der Waals surface area contributed by atoms with Crippen molar-refractivity contribution in [3.8, 4) is 0 Å². The van der Waals surface area contributed by atoms with Crippen molar-refractivity contribution in [2.75, 3.05) is 0 Å². The fourth-order valence-corrected chi connectivity index (χ4v) is 1.66. The van der Waals surface area contributed by atoms with Gasteiger partial charge in [-0.25, -0.2) is 4.98 Å². The fourth-order valence-electron chi connectivity index (χ4n) is 1.66. The lowest BCUT2D eigenvalue weighted by Gasteiger charge is -2.10. The van der Waals surface area contributed by atoms with Crippen molar-refractivity contribution in [2.24, 2.45) is 7.05 Å². The van der Waals surface area contributed by atoms with E-state index in [0.717, 1.165) is 5.56 Å². The van der Waals surface area contributed by atoms with E-state index in [9.17, 15) is 4.79 Å². The van der Waals surface area contributed by atoms with Gasteiger partial charge in [-0.05, 0) is 12.5 Å². The summed E-state index contributed by atoms with van der Waals surface area (Å²) in [5.74, 6) is -0.107. The van der Waals surface area contributed by atoms with Crippen LogP contribution in [0.25, 0.3) is 0 Å². The lowest BCUT2D eigenvalue weighted by Crippen LogP contribution is -2.17. The Morgan fingerprint density at radius 2 is 2.11 bits per heavy atom. The van der Waals surface area contributed by atoms with E-state index >= 15 is 0 Å². The smallest absolute Gasteiger partial charge is 0.316 e. The topological polar surface area (TPSA) is 57.0 Å². The first-order valence-corrected chi connectivity index (χ1v) is 5.73. The summed E-state index contributed by atoms with van der Waals surface area (Å²) in [7, 11) is 1.75. The van der Waals surface area contributed by atoms with E-state index < -0.39 is 5.92 Å². The molecule has 5 nitrogen and oxygen atoms in total. The first-order valence-electron chi connectivity index (χ1n) is 5.73. The number of esters is 1. The number of aromatic nitrogens is 3. The zero-order valence-electron chi connectivity index (χ0n) is 10.4. The number of carbonyl (C=O) groups is 1. The standard InChI is InChI=1S/C13H15N3O2/c1-10(12-14-9-15-16(12)2)13(17)18-8-11-6-4-3-5-7-11/h3-7,9-10H,8H2,1-2H3. The van der Waals surface area contributed by atoms with Crippen LogP contribution < -0.4 is 0 Å². The van der Waals surface area contributed by atoms with Crippen molar-refractivity contribution in [3.63, 3.8) is 0 Å². The molecule has 0 fully saturated rings. The number of hydrogen-bond donors (Lipinski definition) is 0. The molecule has 0 aliphatic heterocycles. The quantitative estimate of drug-likeness (QED) is 0.769. The van der Waals surface area contributed by atoms with E-state index in [-0.39, 0.29) is 12.6 Å². The molecular weight excluding hydrogens is 230 g/mol. The minimum Gasteiger partial charge on any atom is -0.460 e. The van der Waals surface area contributed by atoms with Crippen molar-refractivity contribution in [3.05, 3.63) is 48.0 Å². The molecule has 5 heteroatoms. The molecule has 1 heterocycles. The molecule has 0 amide bonds. The molecular formula is C13H15N3O2. The minimum absolute atomic E-state index is 0.280. The van der Waals surface area contributed by atoms with Gasteiger partial charge in [-0.1, -0.05) is 30.3 Å². The highest BCUT2D eigenvalue weighted by molar-refractivity contribution is 5.76. The zero-order chi connectivity index (χ0) is 13.0. The Balaban J connectivity index is 1.95. The van der Waals surface area contributed by atoms with Gasteiger partial charge in [0.2, 0.25) is 0 Å². The summed E-state index contributed by atoms with van der Waals surface area (Å²) in [5, 5.41) is 3.94. The molecule has 0 saturated heterocycles. The Labute approximate surface area is 105 Å². The van der Waals surface area contributed by atoms with E-state index in [1.54, 1.807) is 18.7 Å². The maximum Gasteiger partial charge on any atom is 0.316 e. The molecule has 1 aromatic carbocycles. The van der Waals surface area contributed by atoms with Crippen LogP contribution in [0.5, 0.6) is 0 Å². The summed E-state index contributed by atoms with van der Waals surface area (Å²) in [6, 6.07) is 9.58. The van der Waals surface area contributed by atoms with Gasteiger partial charge in [-0.15, -0.1) is 0 Å². The number of nitrogens with zero attached hydrogens (tertiary/aromatic N) is 3. The van der Waals surface area contributed by atoms with Crippen molar-refractivity contribution in [1.82, 2.24) is 14.8 Å². The van der Waals surface area contributed by atoms with Crippen LogP contribution in [0.3, 0.4) is 0 Å². The summed E-state index contributed by atoms with van der Waals surface area (Å²) in [5.41, 5.74) is 0.969. The number of rotatable bonds is 4. The molecule has 2 rings (SSSR count). The average Bonchev–Trinajstić information content (AvgIpc) is 2.82. The summed E-state index contributed by atoms with van der Waals surface area (Å²) in [4.78, 5) is 15.9. The summed E-state index contributed by atoms with van der Waals surface area (Å²) >= 11 is 0. The fraction of sp³-hybridized carbons (Fsp3) is 0.308. The first-order chi connectivity index (χ1) is 8.68. The highest BCUT2D eigenvalue weighted by Gasteiger charge is 2.21. The maximum atomic E-state index is 11.9. The summed E-state index contributed by atoms with van der Waals surface area (Å²) < 4.78 is 6.83. The van der Waals surface area contributed by atoms with Crippen LogP contribution in [0.15, 0.2) is 36.7 Å². The van der Waals surface area contributed by atoms with Crippen LogP contribution in [0.4, 0.5) is 0 Å². The molecule has 1 atom stereocenters. The molecule has 2 aromatic rings. The summed E-state index contributed by atoms with van der Waals surface area (Å²) in [6.07, 6.45) is 1.43. The third-order valence-corrected chi connectivity index (χ3v) is 2.71. The molecule has 0 radical (unpaired) electrons. The van der Waals surface area contributed by atoms with Gasteiger partial charge >= 0.3 is 5.97 Å². The molecule has 0 saturated carbocycles. The van der Waals surface area contributed by atoms with Crippen LogP contribution >= 0.6 is 0 Å². The number of ether oxygens (including phenoxy) is 1. The predicted octanol–water partition coefficient (Wildman–Crippen LogP) is 1.66. The number of carbonyl (C=O) groups excluding carboxylic acids is 1. The molecule has 0 aliphatic carbocycles. The van der Waals surface area contributed by atoms with Gasteiger partial charge in [0.25, 0.3) is 0 Å². The third kappa shape index (κ3) is 2.74. The monoisotopic (exact) mass is 245 g/mol. The predicted molar refractivity (Wildman–Crippen MR) is 65.7 cm³/mol. The Hall–Kier alpha value is -2.17. The lowest BCUT2D eigenvalue weighted by molar-refractivity contribution is -0.146. The molecule has 94 valence electrons.